The number of hydrogen-bond donors (Lipinski definition) is 2. The van der Waals surface area contributed by atoms with Gasteiger partial charge >= 0.3 is 5.97 Å². The Kier molecular flexibility index (Phi) is 4.95. The monoisotopic (exact) mass is 265 g/mol. The van der Waals surface area contributed by atoms with Crippen LogP contribution >= 0.6 is 0 Å². The Morgan fingerprint density at radius 1 is 1.42 bits per heavy atom. The summed E-state index contributed by atoms with van der Waals surface area (Å²) in [4.78, 5) is 11.0. The first kappa shape index (κ1) is 15.5. The van der Waals surface area contributed by atoms with Gasteiger partial charge in [-0.1, -0.05) is 26.0 Å². The average Bonchev–Trinajstić information content (AvgIpc) is 2.35. The average molecular weight is 265 g/mol. The Hall–Kier alpha value is -1.55. The van der Waals surface area contributed by atoms with Crippen molar-refractivity contribution in [1.82, 2.24) is 5.32 Å². The van der Waals surface area contributed by atoms with E-state index in [1.54, 1.807) is 21.0 Å². The lowest BCUT2D eigenvalue weighted by Gasteiger charge is -2.21. The van der Waals surface area contributed by atoms with E-state index in [4.69, 9.17) is 9.84 Å². The first-order chi connectivity index (χ1) is 8.77. The van der Waals surface area contributed by atoms with Gasteiger partial charge in [0.05, 0.1) is 7.11 Å². The van der Waals surface area contributed by atoms with Crippen molar-refractivity contribution in [3.63, 3.8) is 0 Å². The molecule has 2 N–H and O–H groups in total. The van der Waals surface area contributed by atoms with Crippen molar-refractivity contribution in [3.05, 3.63) is 29.3 Å². The molecule has 0 atom stereocenters. The predicted octanol–water partition coefficient (Wildman–Crippen LogP) is 2.77. The van der Waals surface area contributed by atoms with Gasteiger partial charge in [0.2, 0.25) is 0 Å². The third kappa shape index (κ3) is 3.96. The van der Waals surface area contributed by atoms with Gasteiger partial charge in [-0.05, 0) is 37.0 Å². The van der Waals surface area contributed by atoms with Gasteiger partial charge in [0.1, 0.15) is 11.3 Å². The van der Waals surface area contributed by atoms with Crippen LogP contribution in [0.2, 0.25) is 0 Å². The molecule has 19 heavy (non-hydrogen) atoms. The Morgan fingerprint density at radius 2 is 2.05 bits per heavy atom. The molecule has 4 nitrogen and oxygen atoms in total. The van der Waals surface area contributed by atoms with E-state index in [1.165, 1.54) is 0 Å². The van der Waals surface area contributed by atoms with E-state index in [0.717, 1.165) is 16.9 Å². The number of nitrogens with one attached hydrogen (secondary N) is 1. The molecular formula is C15H23NO3. The molecule has 0 bridgehead atoms. The third-order valence-electron chi connectivity index (χ3n) is 3.19. The molecule has 0 aliphatic carbocycles. The van der Waals surface area contributed by atoms with E-state index < -0.39 is 11.5 Å². The minimum Gasteiger partial charge on any atom is -0.496 e. The SMILES string of the molecule is COc1ccc(CNC(C)(C)C(=O)O)cc1C(C)C. The Morgan fingerprint density at radius 3 is 2.53 bits per heavy atom. The van der Waals surface area contributed by atoms with Crippen molar-refractivity contribution in [3.8, 4) is 5.75 Å². The maximum Gasteiger partial charge on any atom is 0.323 e. The molecule has 0 fully saturated rings. The van der Waals surface area contributed by atoms with Gasteiger partial charge in [-0.15, -0.1) is 0 Å². The largest absolute Gasteiger partial charge is 0.496 e. The summed E-state index contributed by atoms with van der Waals surface area (Å²) in [5.74, 6) is 0.378. The molecule has 106 valence electrons. The van der Waals surface area contributed by atoms with E-state index in [1.807, 2.05) is 12.1 Å². The van der Waals surface area contributed by atoms with Crippen molar-refractivity contribution >= 4 is 5.97 Å². The lowest BCUT2D eigenvalue weighted by Crippen LogP contribution is -2.46. The van der Waals surface area contributed by atoms with Crippen LogP contribution in [0.25, 0.3) is 0 Å². The van der Waals surface area contributed by atoms with Crippen molar-refractivity contribution in [2.45, 2.75) is 45.7 Å². The standard InChI is InChI=1S/C15H23NO3/c1-10(2)12-8-11(6-7-13(12)19-5)9-16-15(3,4)14(17)18/h6-8,10,16H,9H2,1-5H3,(H,17,18). The molecule has 0 radical (unpaired) electrons. The van der Waals surface area contributed by atoms with Crippen LogP contribution in [0.15, 0.2) is 18.2 Å². The molecule has 0 unspecified atom stereocenters. The second-order valence-corrected chi connectivity index (χ2v) is 5.51. The number of carboxylic acids is 1. The van der Waals surface area contributed by atoms with Gasteiger partial charge in [0, 0.05) is 6.54 Å². The number of rotatable bonds is 6. The number of aliphatic carboxylic acids is 1. The van der Waals surface area contributed by atoms with E-state index in [-0.39, 0.29) is 0 Å². The number of hydrogen-bond acceptors (Lipinski definition) is 3. The zero-order chi connectivity index (χ0) is 14.6. The number of carboxylic acid groups (broad SMARTS) is 1. The smallest absolute Gasteiger partial charge is 0.323 e. The summed E-state index contributed by atoms with van der Waals surface area (Å²) in [6, 6.07) is 5.95. The van der Waals surface area contributed by atoms with Crippen LogP contribution in [0, 0.1) is 0 Å². The van der Waals surface area contributed by atoms with E-state index in [2.05, 4.69) is 25.2 Å². The molecule has 0 saturated carbocycles. The topological polar surface area (TPSA) is 58.6 Å². The van der Waals surface area contributed by atoms with Gasteiger partial charge in [-0.25, -0.2) is 0 Å². The highest BCUT2D eigenvalue weighted by molar-refractivity contribution is 5.77. The van der Waals surface area contributed by atoms with Crippen molar-refractivity contribution in [2.24, 2.45) is 0 Å². The molecule has 1 rings (SSSR count). The molecule has 4 heteroatoms. The molecule has 0 aliphatic heterocycles. The summed E-state index contributed by atoms with van der Waals surface area (Å²) in [6.07, 6.45) is 0. The van der Waals surface area contributed by atoms with Crippen LogP contribution in [0.5, 0.6) is 5.75 Å². The molecule has 0 aliphatic rings. The minimum absolute atomic E-state index is 0.363. The maximum absolute atomic E-state index is 11.0. The molecule has 0 amide bonds. The molecule has 0 aromatic heterocycles. The van der Waals surface area contributed by atoms with Crippen molar-refractivity contribution in [1.29, 1.82) is 0 Å². The van der Waals surface area contributed by atoms with Crippen molar-refractivity contribution < 1.29 is 14.6 Å². The number of carbonyl (C=O) groups is 1. The first-order valence-electron chi connectivity index (χ1n) is 6.43. The van der Waals surface area contributed by atoms with Gasteiger partial charge in [0.15, 0.2) is 0 Å². The fraction of sp³-hybridized carbons (Fsp3) is 0.533. The highest BCUT2D eigenvalue weighted by atomic mass is 16.5. The predicted molar refractivity (Wildman–Crippen MR) is 75.6 cm³/mol. The number of benzene rings is 1. The second kappa shape index (κ2) is 6.06. The fourth-order valence-electron chi connectivity index (χ4n) is 1.74. The third-order valence-corrected chi connectivity index (χ3v) is 3.19. The summed E-state index contributed by atoms with van der Waals surface area (Å²) in [7, 11) is 1.66. The van der Waals surface area contributed by atoms with Gasteiger partial charge in [-0.2, -0.15) is 0 Å². The van der Waals surface area contributed by atoms with Crippen LogP contribution in [-0.4, -0.2) is 23.7 Å². The van der Waals surface area contributed by atoms with Crippen LogP contribution in [0.1, 0.15) is 44.7 Å². The van der Waals surface area contributed by atoms with Crippen molar-refractivity contribution in [2.75, 3.05) is 7.11 Å². The van der Waals surface area contributed by atoms with Gasteiger partial charge in [-0.3, -0.25) is 10.1 Å². The number of ether oxygens (including phenoxy) is 1. The summed E-state index contributed by atoms with van der Waals surface area (Å²) in [5.41, 5.74) is 1.26. The zero-order valence-corrected chi connectivity index (χ0v) is 12.3. The maximum atomic E-state index is 11.0. The zero-order valence-electron chi connectivity index (χ0n) is 12.3. The number of methoxy groups -OCH3 is 1. The molecule has 1 aromatic carbocycles. The lowest BCUT2D eigenvalue weighted by atomic mass is 9.99. The fourth-order valence-corrected chi connectivity index (χ4v) is 1.74. The molecule has 0 heterocycles. The molecular weight excluding hydrogens is 242 g/mol. The van der Waals surface area contributed by atoms with E-state index >= 15 is 0 Å². The molecule has 0 saturated heterocycles. The molecule has 1 aromatic rings. The summed E-state index contributed by atoms with van der Waals surface area (Å²) in [5, 5.41) is 12.1. The van der Waals surface area contributed by atoms with Crippen LogP contribution in [-0.2, 0) is 11.3 Å². The summed E-state index contributed by atoms with van der Waals surface area (Å²) in [6.45, 7) is 8.04. The summed E-state index contributed by atoms with van der Waals surface area (Å²) < 4.78 is 5.33. The highest BCUT2D eigenvalue weighted by Crippen LogP contribution is 2.27. The molecule has 0 spiro atoms. The highest BCUT2D eigenvalue weighted by Gasteiger charge is 2.25. The quantitative estimate of drug-likeness (QED) is 0.830. The second-order valence-electron chi connectivity index (χ2n) is 5.51. The first-order valence-corrected chi connectivity index (χ1v) is 6.43. The summed E-state index contributed by atoms with van der Waals surface area (Å²) >= 11 is 0. The van der Waals surface area contributed by atoms with E-state index in [9.17, 15) is 4.79 Å². The minimum atomic E-state index is -0.933. The Labute approximate surface area is 114 Å². The van der Waals surface area contributed by atoms with E-state index in [0.29, 0.717) is 12.5 Å². The normalized spacial score (nSPS) is 11.7. The lowest BCUT2D eigenvalue weighted by molar-refractivity contribution is -0.143. The Balaban J connectivity index is 2.86. The van der Waals surface area contributed by atoms with Gasteiger partial charge < -0.3 is 9.84 Å². The Bertz CT molecular complexity index is 453. The van der Waals surface area contributed by atoms with Crippen LogP contribution < -0.4 is 10.1 Å². The van der Waals surface area contributed by atoms with Crippen LogP contribution in [0.3, 0.4) is 0 Å². The van der Waals surface area contributed by atoms with Crippen LogP contribution in [0.4, 0.5) is 0 Å². The van der Waals surface area contributed by atoms with Gasteiger partial charge in [0.25, 0.3) is 0 Å².